The number of rotatable bonds is 20. The van der Waals surface area contributed by atoms with Crippen molar-refractivity contribution >= 4 is 15.2 Å². The summed E-state index contributed by atoms with van der Waals surface area (Å²) < 4.78 is 36.9. The lowest BCUT2D eigenvalue weighted by atomic mass is 10.0. The molecular formula is C28H44O7P2. The molecule has 0 bridgehead atoms. The molecule has 2 atom stereocenters. The molecule has 0 amide bonds. The van der Waals surface area contributed by atoms with Crippen LogP contribution in [0.2, 0.25) is 0 Å². The minimum atomic E-state index is -5.06. The summed E-state index contributed by atoms with van der Waals surface area (Å²) in [6, 6.07) is 15.5. The van der Waals surface area contributed by atoms with Gasteiger partial charge in [-0.25, -0.2) is 9.13 Å². The summed E-state index contributed by atoms with van der Waals surface area (Å²) in [5, 5.41) is 8.31. The van der Waals surface area contributed by atoms with Gasteiger partial charge in [0.05, 0.1) is 0 Å². The van der Waals surface area contributed by atoms with Crippen molar-refractivity contribution in [2.75, 3.05) is 0 Å². The molecule has 0 aromatic heterocycles. The quantitative estimate of drug-likeness (QED) is 0.111. The van der Waals surface area contributed by atoms with Gasteiger partial charge in [0.25, 0.3) is 5.08 Å². The minimum Gasteiger partial charge on any atom is -0.422 e. The molecule has 0 fully saturated rings. The lowest BCUT2D eigenvalue weighted by molar-refractivity contribution is 0.124. The smallest absolute Gasteiger partial charge is 0.421 e. The molecule has 0 aliphatic rings. The minimum absolute atomic E-state index is 0.0110. The van der Waals surface area contributed by atoms with Gasteiger partial charge in [-0.2, -0.15) is 0 Å². The van der Waals surface area contributed by atoms with E-state index in [2.05, 4.69) is 6.92 Å². The Hall–Kier alpha value is -1.62. The number of benzene rings is 2. The molecule has 0 heterocycles. The molecule has 0 aliphatic heterocycles. The van der Waals surface area contributed by atoms with Crippen LogP contribution in [0.4, 0.5) is 0 Å². The van der Waals surface area contributed by atoms with Crippen LogP contribution in [0.1, 0.15) is 96.8 Å². The molecule has 0 saturated heterocycles. The van der Waals surface area contributed by atoms with Crippen LogP contribution in [-0.2, 0) is 9.13 Å². The van der Waals surface area contributed by atoms with Gasteiger partial charge < -0.3 is 23.9 Å². The average Bonchev–Trinajstić information content (AvgIpc) is 2.87. The van der Waals surface area contributed by atoms with Crippen molar-refractivity contribution in [3.05, 3.63) is 60.7 Å². The van der Waals surface area contributed by atoms with E-state index in [0.717, 1.165) is 19.3 Å². The molecule has 9 heteroatoms. The zero-order valence-electron chi connectivity index (χ0n) is 22.0. The zero-order valence-corrected chi connectivity index (χ0v) is 23.8. The average molecular weight is 555 g/mol. The van der Waals surface area contributed by atoms with Gasteiger partial charge in [0.1, 0.15) is 11.5 Å². The molecule has 0 spiro atoms. The van der Waals surface area contributed by atoms with E-state index in [4.69, 9.17) is 9.05 Å². The second kappa shape index (κ2) is 16.4. The highest BCUT2D eigenvalue weighted by Crippen LogP contribution is 2.73. The third kappa shape index (κ3) is 10.6. The standard InChI is InChI=1S/C28H44O7P2/c1-2-3-4-5-6-7-8-9-10-11-12-13-20-25-28(29,36(30,31)34-26-21-16-14-17-22-26)37(32,33)35-27-23-18-15-19-24-27/h14-19,21-24,29H,2-13,20,25H2,1H3,(H,30,31)(H,32,33). The maximum absolute atomic E-state index is 13.3. The Balaban J connectivity index is 1.90. The number of unbranched alkanes of at least 4 members (excludes halogenated alkanes) is 12. The summed E-state index contributed by atoms with van der Waals surface area (Å²) in [4.78, 5) is 21.5. The van der Waals surface area contributed by atoms with Gasteiger partial charge in [-0.15, -0.1) is 0 Å². The SMILES string of the molecule is CCCCCCCCCCCCCCCC(O)(P(=O)(O)Oc1ccccc1)P(=O)(O)Oc1ccccc1. The highest BCUT2D eigenvalue weighted by atomic mass is 31.2. The number of hydrogen-bond donors (Lipinski definition) is 3. The Morgan fingerprint density at radius 3 is 1.27 bits per heavy atom. The van der Waals surface area contributed by atoms with E-state index in [1.54, 1.807) is 36.4 Å². The zero-order chi connectivity index (χ0) is 27.0. The number of aliphatic hydroxyl groups is 1. The van der Waals surface area contributed by atoms with Crippen LogP contribution in [0.3, 0.4) is 0 Å². The van der Waals surface area contributed by atoms with Crippen molar-refractivity contribution in [3.8, 4) is 11.5 Å². The van der Waals surface area contributed by atoms with Crippen LogP contribution in [0, 0.1) is 0 Å². The van der Waals surface area contributed by atoms with Gasteiger partial charge in [0.15, 0.2) is 0 Å². The third-order valence-corrected chi connectivity index (χ3v) is 11.2. The van der Waals surface area contributed by atoms with E-state index >= 15 is 0 Å². The Labute approximate surface area is 222 Å². The van der Waals surface area contributed by atoms with Crippen molar-refractivity contribution in [2.24, 2.45) is 0 Å². The number of para-hydroxylation sites is 2. The van der Waals surface area contributed by atoms with Crippen molar-refractivity contribution in [2.45, 2.75) is 102 Å². The molecule has 0 radical (unpaired) electrons. The molecule has 2 aromatic rings. The molecule has 0 aliphatic carbocycles. The van der Waals surface area contributed by atoms with Crippen LogP contribution in [0.15, 0.2) is 60.7 Å². The lowest BCUT2D eigenvalue weighted by Crippen LogP contribution is -2.32. The maximum atomic E-state index is 13.3. The summed E-state index contributed by atoms with van der Waals surface area (Å²) in [7, 11) is -10.1. The largest absolute Gasteiger partial charge is 0.422 e. The van der Waals surface area contributed by atoms with Gasteiger partial charge in [0, 0.05) is 6.42 Å². The highest BCUT2D eigenvalue weighted by Gasteiger charge is 2.64. The summed E-state index contributed by atoms with van der Waals surface area (Å²) in [5.74, 6) is 0.0219. The van der Waals surface area contributed by atoms with Gasteiger partial charge in [-0.05, 0) is 30.7 Å². The Morgan fingerprint density at radius 2 is 0.919 bits per heavy atom. The second-order valence-electron chi connectivity index (χ2n) is 9.62. The first-order chi connectivity index (χ1) is 17.7. The number of hydrogen-bond acceptors (Lipinski definition) is 5. The maximum Gasteiger partial charge on any atom is 0.421 e. The van der Waals surface area contributed by atoms with Crippen molar-refractivity contribution in [3.63, 3.8) is 0 Å². The van der Waals surface area contributed by atoms with Crippen LogP contribution in [-0.4, -0.2) is 20.0 Å². The Bertz CT molecular complexity index is 908. The molecule has 2 rings (SSSR count). The summed E-state index contributed by atoms with van der Waals surface area (Å²) in [5.41, 5.74) is 0. The van der Waals surface area contributed by atoms with Crippen LogP contribution >= 0.6 is 15.2 Å². The molecule has 208 valence electrons. The van der Waals surface area contributed by atoms with E-state index in [0.29, 0.717) is 6.42 Å². The monoisotopic (exact) mass is 554 g/mol. The Morgan fingerprint density at radius 1 is 0.595 bits per heavy atom. The predicted molar refractivity (Wildman–Crippen MR) is 149 cm³/mol. The third-order valence-electron chi connectivity index (χ3n) is 6.47. The predicted octanol–water partition coefficient (Wildman–Crippen LogP) is 8.64. The summed E-state index contributed by atoms with van der Waals surface area (Å²) >= 11 is 0. The Kier molecular flexibility index (Phi) is 14.0. The summed E-state index contributed by atoms with van der Waals surface area (Å²) in [6.07, 6.45) is 13.8. The van der Waals surface area contributed by atoms with Crippen LogP contribution in [0.5, 0.6) is 11.5 Å². The molecule has 2 unspecified atom stereocenters. The van der Waals surface area contributed by atoms with Gasteiger partial charge in [0.2, 0.25) is 0 Å². The van der Waals surface area contributed by atoms with Crippen molar-refractivity contribution in [1.82, 2.24) is 0 Å². The topological polar surface area (TPSA) is 113 Å². The molecule has 0 saturated carbocycles. The fraction of sp³-hybridized carbons (Fsp3) is 0.571. The van der Waals surface area contributed by atoms with Crippen molar-refractivity contribution < 1.29 is 33.1 Å². The molecular weight excluding hydrogens is 510 g/mol. The van der Waals surface area contributed by atoms with Crippen LogP contribution in [0.25, 0.3) is 0 Å². The first kappa shape index (κ1) is 31.6. The van der Waals surface area contributed by atoms with E-state index in [1.807, 2.05) is 0 Å². The molecule has 7 nitrogen and oxygen atoms in total. The second-order valence-corrected chi connectivity index (χ2v) is 13.9. The molecule has 3 N–H and O–H groups in total. The normalized spacial score (nSPS) is 16.3. The first-order valence-corrected chi connectivity index (χ1v) is 16.7. The highest BCUT2D eigenvalue weighted by molar-refractivity contribution is 7.73. The fourth-order valence-electron chi connectivity index (χ4n) is 4.22. The molecule has 37 heavy (non-hydrogen) atoms. The summed E-state index contributed by atoms with van der Waals surface area (Å²) in [6.45, 7) is 2.22. The van der Waals surface area contributed by atoms with Crippen molar-refractivity contribution in [1.29, 1.82) is 0 Å². The van der Waals surface area contributed by atoms with E-state index in [-0.39, 0.29) is 17.9 Å². The van der Waals surface area contributed by atoms with Crippen LogP contribution < -0.4 is 9.05 Å². The van der Waals surface area contributed by atoms with Gasteiger partial charge in [-0.3, -0.25) is 0 Å². The van der Waals surface area contributed by atoms with E-state index in [1.165, 1.54) is 75.6 Å². The fourth-order valence-corrected chi connectivity index (χ4v) is 7.73. The van der Waals surface area contributed by atoms with E-state index in [9.17, 15) is 24.0 Å². The van der Waals surface area contributed by atoms with Gasteiger partial charge >= 0.3 is 15.2 Å². The first-order valence-electron chi connectivity index (χ1n) is 13.6. The molecule has 2 aromatic carbocycles. The van der Waals surface area contributed by atoms with E-state index < -0.39 is 26.7 Å². The lowest BCUT2D eigenvalue weighted by Gasteiger charge is -2.34. The van der Waals surface area contributed by atoms with Gasteiger partial charge in [-0.1, -0.05) is 120 Å².